The number of benzene rings is 1. The summed E-state index contributed by atoms with van der Waals surface area (Å²) in [6.07, 6.45) is 0.737. The molecule has 0 heterocycles. The second-order valence-corrected chi connectivity index (χ2v) is 4.28. The van der Waals surface area contributed by atoms with E-state index in [1.54, 1.807) is 12.1 Å². The van der Waals surface area contributed by atoms with Gasteiger partial charge in [-0.3, -0.25) is 0 Å². The number of halogens is 3. The van der Waals surface area contributed by atoms with Crippen LogP contribution in [0.15, 0.2) is 30.4 Å². The summed E-state index contributed by atoms with van der Waals surface area (Å²) < 4.78 is 0. The number of hydrogen-bond donors (Lipinski definition) is 1. The van der Waals surface area contributed by atoms with Crippen LogP contribution in [0.1, 0.15) is 24.9 Å². The fourth-order valence-corrected chi connectivity index (χ4v) is 1.84. The fraction of sp³-hybridized carbons (Fsp3) is 0.273. The average molecular weight is 267 g/mol. The van der Waals surface area contributed by atoms with Crippen LogP contribution in [0, 0.1) is 0 Å². The number of rotatable bonds is 3. The second kappa shape index (κ2) is 6.39. The zero-order chi connectivity index (χ0) is 10.7. The van der Waals surface area contributed by atoms with Crippen LogP contribution in [0.4, 0.5) is 0 Å². The SMILES string of the molecule is C=C(C)C[C@H](N)c1ccc(Cl)cc1Cl.Cl. The lowest BCUT2D eigenvalue weighted by Gasteiger charge is -2.13. The summed E-state index contributed by atoms with van der Waals surface area (Å²) in [6, 6.07) is 5.26. The van der Waals surface area contributed by atoms with Crippen molar-refractivity contribution in [3.8, 4) is 0 Å². The molecule has 84 valence electrons. The molecule has 0 unspecified atom stereocenters. The van der Waals surface area contributed by atoms with Gasteiger partial charge in [0.15, 0.2) is 0 Å². The number of nitrogens with two attached hydrogens (primary N) is 1. The van der Waals surface area contributed by atoms with Crippen molar-refractivity contribution in [2.75, 3.05) is 0 Å². The van der Waals surface area contributed by atoms with E-state index >= 15 is 0 Å². The highest BCUT2D eigenvalue weighted by Gasteiger charge is 2.10. The van der Waals surface area contributed by atoms with E-state index in [0.29, 0.717) is 10.0 Å². The molecule has 0 fully saturated rings. The molecule has 0 aliphatic heterocycles. The maximum Gasteiger partial charge on any atom is 0.0468 e. The van der Waals surface area contributed by atoms with E-state index in [1.807, 2.05) is 13.0 Å². The zero-order valence-electron chi connectivity index (χ0n) is 8.47. The molecule has 0 aliphatic carbocycles. The zero-order valence-corrected chi connectivity index (χ0v) is 10.8. The first kappa shape index (κ1) is 14.8. The molecule has 1 rings (SSSR count). The number of hydrogen-bond acceptors (Lipinski definition) is 1. The molecule has 15 heavy (non-hydrogen) atoms. The molecular weight excluding hydrogens is 252 g/mol. The van der Waals surface area contributed by atoms with Gasteiger partial charge in [0.25, 0.3) is 0 Å². The average Bonchev–Trinajstić information content (AvgIpc) is 2.01. The van der Waals surface area contributed by atoms with Gasteiger partial charge in [0.05, 0.1) is 0 Å². The first-order valence-corrected chi connectivity index (χ1v) is 5.11. The molecule has 1 nitrogen and oxygen atoms in total. The third-order valence-corrected chi connectivity index (χ3v) is 2.49. The molecule has 0 bridgehead atoms. The molecule has 0 spiro atoms. The summed E-state index contributed by atoms with van der Waals surface area (Å²) in [4.78, 5) is 0. The molecule has 0 aliphatic rings. The second-order valence-electron chi connectivity index (χ2n) is 3.43. The highest BCUT2D eigenvalue weighted by molar-refractivity contribution is 6.35. The predicted molar refractivity (Wildman–Crippen MR) is 70.1 cm³/mol. The lowest BCUT2D eigenvalue weighted by molar-refractivity contribution is 0.717. The highest BCUT2D eigenvalue weighted by atomic mass is 35.5. The Labute approximate surface area is 107 Å². The normalized spacial score (nSPS) is 11.7. The minimum absolute atomic E-state index is 0. The van der Waals surface area contributed by atoms with Gasteiger partial charge in [-0.25, -0.2) is 0 Å². The summed E-state index contributed by atoms with van der Waals surface area (Å²) in [6.45, 7) is 5.77. The Hall–Kier alpha value is -0.210. The van der Waals surface area contributed by atoms with Crippen LogP contribution in [0.5, 0.6) is 0 Å². The Morgan fingerprint density at radius 1 is 1.47 bits per heavy atom. The molecular formula is C11H14Cl3N. The Morgan fingerprint density at radius 2 is 2.07 bits per heavy atom. The molecule has 2 N–H and O–H groups in total. The van der Waals surface area contributed by atoms with Gasteiger partial charge in [0.1, 0.15) is 0 Å². The minimum Gasteiger partial charge on any atom is -0.324 e. The van der Waals surface area contributed by atoms with Crippen molar-refractivity contribution in [1.29, 1.82) is 0 Å². The standard InChI is InChI=1S/C11H13Cl2N.ClH/c1-7(2)5-11(14)9-4-3-8(12)6-10(9)13;/h3-4,6,11H,1,5,14H2,2H3;1H/t11-;/m0./s1. The van der Waals surface area contributed by atoms with Crippen LogP contribution in [0.3, 0.4) is 0 Å². The molecule has 1 aromatic carbocycles. The van der Waals surface area contributed by atoms with Crippen LogP contribution < -0.4 is 5.73 Å². The van der Waals surface area contributed by atoms with Gasteiger partial charge in [0.2, 0.25) is 0 Å². The molecule has 4 heteroatoms. The van der Waals surface area contributed by atoms with Gasteiger partial charge in [-0.05, 0) is 31.0 Å². The maximum absolute atomic E-state index is 6.01. The first-order chi connectivity index (χ1) is 6.50. The molecule has 0 amide bonds. The van der Waals surface area contributed by atoms with Gasteiger partial charge < -0.3 is 5.73 Å². The maximum atomic E-state index is 6.01. The lowest BCUT2D eigenvalue weighted by atomic mass is 10.0. The van der Waals surface area contributed by atoms with E-state index < -0.39 is 0 Å². The topological polar surface area (TPSA) is 26.0 Å². The van der Waals surface area contributed by atoms with Crippen LogP contribution in [0.2, 0.25) is 10.0 Å². The molecule has 0 aromatic heterocycles. The monoisotopic (exact) mass is 265 g/mol. The van der Waals surface area contributed by atoms with E-state index in [4.69, 9.17) is 28.9 Å². The predicted octanol–water partition coefficient (Wildman–Crippen LogP) is 4.38. The van der Waals surface area contributed by atoms with Crippen molar-refractivity contribution >= 4 is 35.6 Å². The Bertz CT molecular complexity index is 350. The van der Waals surface area contributed by atoms with Crippen molar-refractivity contribution in [2.24, 2.45) is 5.73 Å². The summed E-state index contributed by atoms with van der Waals surface area (Å²) in [5.74, 6) is 0. The largest absolute Gasteiger partial charge is 0.324 e. The molecule has 0 saturated heterocycles. The van der Waals surface area contributed by atoms with Crippen molar-refractivity contribution in [3.05, 3.63) is 46.0 Å². The van der Waals surface area contributed by atoms with E-state index in [-0.39, 0.29) is 18.4 Å². The van der Waals surface area contributed by atoms with Gasteiger partial charge in [0, 0.05) is 16.1 Å². The van der Waals surface area contributed by atoms with Crippen molar-refractivity contribution < 1.29 is 0 Å². The van der Waals surface area contributed by atoms with Crippen molar-refractivity contribution in [3.63, 3.8) is 0 Å². The van der Waals surface area contributed by atoms with Crippen LogP contribution in [-0.4, -0.2) is 0 Å². The molecule has 1 atom stereocenters. The first-order valence-electron chi connectivity index (χ1n) is 4.35. The Morgan fingerprint density at radius 3 is 2.53 bits per heavy atom. The summed E-state index contributed by atoms with van der Waals surface area (Å²) in [7, 11) is 0. The third kappa shape index (κ3) is 4.43. The quantitative estimate of drug-likeness (QED) is 0.807. The smallest absolute Gasteiger partial charge is 0.0468 e. The summed E-state index contributed by atoms with van der Waals surface area (Å²) in [5, 5.41) is 1.24. The van der Waals surface area contributed by atoms with Gasteiger partial charge in [-0.2, -0.15) is 0 Å². The fourth-order valence-electron chi connectivity index (χ4n) is 1.29. The van der Waals surface area contributed by atoms with Crippen LogP contribution in [0.25, 0.3) is 0 Å². The van der Waals surface area contributed by atoms with E-state index in [2.05, 4.69) is 6.58 Å². The lowest BCUT2D eigenvalue weighted by Crippen LogP contribution is -2.10. The van der Waals surface area contributed by atoms with E-state index in [9.17, 15) is 0 Å². The Balaban J connectivity index is 0.00000196. The van der Waals surface area contributed by atoms with Crippen LogP contribution >= 0.6 is 35.6 Å². The van der Waals surface area contributed by atoms with Gasteiger partial charge in [-0.1, -0.05) is 34.8 Å². The van der Waals surface area contributed by atoms with Crippen LogP contribution in [-0.2, 0) is 0 Å². The van der Waals surface area contributed by atoms with Gasteiger partial charge >= 0.3 is 0 Å². The molecule has 1 aromatic rings. The Kier molecular flexibility index (Phi) is 6.30. The third-order valence-electron chi connectivity index (χ3n) is 1.93. The highest BCUT2D eigenvalue weighted by Crippen LogP contribution is 2.27. The summed E-state index contributed by atoms with van der Waals surface area (Å²) >= 11 is 11.8. The van der Waals surface area contributed by atoms with Crippen molar-refractivity contribution in [1.82, 2.24) is 0 Å². The minimum atomic E-state index is -0.0998. The van der Waals surface area contributed by atoms with E-state index in [0.717, 1.165) is 17.6 Å². The molecule has 0 radical (unpaired) electrons. The van der Waals surface area contributed by atoms with Crippen molar-refractivity contribution in [2.45, 2.75) is 19.4 Å². The van der Waals surface area contributed by atoms with E-state index in [1.165, 1.54) is 0 Å². The summed E-state index contributed by atoms with van der Waals surface area (Å²) in [5.41, 5.74) is 7.92. The van der Waals surface area contributed by atoms with Gasteiger partial charge in [-0.15, -0.1) is 19.0 Å². The molecule has 0 saturated carbocycles.